The molecule has 3 rings (SSSR count). The fraction of sp³-hybridized carbons (Fsp3) is 0.375. The van der Waals surface area contributed by atoms with Crippen LogP contribution in [0, 0.1) is 0 Å². The number of carbonyl (C=O) groups excluding carboxylic acids is 2. The van der Waals surface area contributed by atoms with Crippen molar-refractivity contribution in [2.45, 2.75) is 65.3 Å². The second-order valence-corrected chi connectivity index (χ2v) is 10.4. The smallest absolute Gasteiger partial charge is 0.423 e. The molecular formula is C32H41BN2O4. The van der Waals surface area contributed by atoms with Crippen LogP contribution in [0.25, 0.3) is 21.5 Å². The maximum absolute atomic E-state index is 11.8. The van der Waals surface area contributed by atoms with Gasteiger partial charge >= 0.3 is 7.12 Å². The zero-order valence-electron chi connectivity index (χ0n) is 23.3. The SMILES string of the molecule is C=C(C)C(=O)CCCCCCc1c2ccccc2c(CNCCCNC(=O)C(=C)C)c2ccc(B(O)O)cc12. The fourth-order valence-electron chi connectivity index (χ4n) is 4.93. The lowest BCUT2D eigenvalue weighted by molar-refractivity contribution is -0.117. The number of hydrogen-bond acceptors (Lipinski definition) is 5. The Balaban J connectivity index is 1.80. The normalized spacial score (nSPS) is 11.1. The van der Waals surface area contributed by atoms with Gasteiger partial charge in [-0.1, -0.05) is 68.5 Å². The number of Topliss-reactive ketones (excluding diaryl/α,β-unsaturated/α-hetero) is 1. The summed E-state index contributed by atoms with van der Waals surface area (Å²) in [4.78, 5) is 23.5. The molecule has 6 nitrogen and oxygen atoms in total. The highest BCUT2D eigenvalue weighted by Gasteiger charge is 2.17. The van der Waals surface area contributed by atoms with Crippen LogP contribution >= 0.6 is 0 Å². The van der Waals surface area contributed by atoms with Crippen molar-refractivity contribution in [3.05, 3.63) is 77.9 Å². The van der Waals surface area contributed by atoms with Crippen LogP contribution in [-0.4, -0.2) is 41.9 Å². The van der Waals surface area contributed by atoms with Crippen molar-refractivity contribution >= 4 is 45.8 Å². The molecule has 3 aromatic carbocycles. The number of carbonyl (C=O) groups is 2. The Bertz CT molecular complexity index is 1350. The van der Waals surface area contributed by atoms with E-state index in [4.69, 9.17) is 0 Å². The molecule has 206 valence electrons. The van der Waals surface area contributed by atoms with Crippen LogP contribution in [0.3, 0.4) is 0 Å². The van der Waals surface area contributed by atoms with Crippen molar-refractivity contribution in [2.75, 3.05) is 13.1 Å². The van der Waals surface area contributed by atoms with E-state index >= 15 is 0 Å². The summed E-state index contributed by atoms with van der Waals surface area (Å²) >= 11 is 0. The number of benzene rings is 3. The number of unbranched alkanes of at least 4 members (excludes halogenated alkanes) is 3. The second kappa shape index (κ2) is 14.8. The zero-order valence-corrected chi connectivity index (χ0v) is 23.3. The van der Waals surface area contributed by atoms with Gasteiger partial charge in [0.2, 0.25) is 5.91 Å². The van der Waals surface area contributed by atoms with E-state index in [1.54, 1.807) is 19.9 Å². The lowest BCUT2D eigenvalue weighted by atomic mass is 9.77. The minimum Gasteiger partial charge on any atom is -0.423 e. The molecule has 0 aliphatic carbocycles. The average Bonchev–Trinajstić information content (AvgIpc) is 2.92. The molecule has 0 aliphatic rings. The highest BCUT2D eigenvalue weighted by molar-refractivity contribution is 6.59. The Kier molecular flexibility index (Phi) is 11.5. The standard InChI is InChI=1S/C32H41BN2O4/c1-22(2)31(36)15-8-6-5-7-12-26-25-13-9-10-14-27(25)30(21-34-18-11-19-35-32(37)23(3)4)28-17-16-24(33(38)39)20-29(26)28/h9-10,13-14,16-17,20,34,38-39H,1,3,5-8,11-12,15,18-19,21H2,2,4H3,(H,35,37). The molecule has 3 aromatic rings. The molecule has 0 heterocycles. The van der Waals surface area contributed by atoms with Gasteiger partial charge in [0, 0.05) is 25.1 Å². The maximum atomic E-state index is 11.8. The molecule has 0 aliphatic heterocycles. The third kappa shape index (κ3) is 8.36. The predicted octanol–water partition coefficient (Wildman–Crippen LogP) is 4.48. The fourth-order valence-corrected chi connectivity index (χ4v) is 4.93. The zero-order chi connectivity index (χ0) is 28.4. The van der Waals surface area contributed by atoms with E-state index < -0.39 is 7.12 Å². The van der Waals surface area contributed by atoms with Gasteiger partial charge < -0.3 is 20.7 Å². The molecule has 1 amide bonds. The molecule has 0 bridgehead atoms. The van der Waals surface area contributed by atoms with Crippen molar-refractivity contribution in [3.63, 3.8) is 0 Å². The second-order valence-electron chi connectivity index (χ2n) is 10.4. The van der Waals surface area contributed by atoms with Crippen LogP contribution < -0.4 is 16.1 Å². The third-order valence-electron chi connectivity index (χ3n) is 7.13. The molecule has 4 N–H and O–H groups in total. The number of fused-ring (bicyclic) bond motifs is 2. The van der Waals surface area contributed by atoms with Gasteiger partial charge in [-0.25, -0.2) is 0 Å². The van der Waals surface area contributed by atoms with Crippen molar-refractivity contribution in [2.24, 2.45) is 0 Å². The minimum absolute atomic E-state index is 0.121. The highest BCUT2D eigenvalue weighted by Crippen LogP contribution is 2.34. The Morgan fingerprint density at radius 1 is 0.795 bits per heavy atom. The summed E-state index contributed by atoms with van der Waals surface area (Å²) in [5, 5.41) is 30.7. The highest BCUT2D eigenvalue weighted by atomic mass is 16.4. The monoisotopic (exact) mass is 528 g/mol. The number of rotatable bonds is 16. The first kappa shape index (κ1) is 30.3. The van der Waals surface area contributed by atoms with E-state index in [9.17, 15) is 19.6 Å². The third-order valence-corrected chi connectivity index (χ3v) is 7.13. The van der Waals surface area contributed by atoms with Gasteiger partial charge in [0.1, 0.15) is 0 Å². The molecule has 7 heteroatoms. The van der Waals surface area contributed by atoms with Gasteiger partial charge in [-0.2, -0.15) is 0 Å². The number of ketones is 1. The first-order chi connectivity index (χ1) is 18.7. The van der Waals surface area contributed by atoms with Gasteiger partial charge in [-0.3, -0.25) is 9.59 Å². The number of amides is 1. The Morgan fingerprint density at radius 2 is 1.46 bits per heavy atom. The number of allylic oxidation sites excluding steroid dienone is 1. The summed E-state index contributed by atoms with van der Waals surface area (Å²) < 4.78 is 0. The lowest BCUT2D eigenvalue weighted by Gasteiger charge is -2.18. The quantitative estimate of drug-likeness (QED) is 0.0951. The lowest BCUT2D eigenvalue weighted by Crippen LogP contribution is -2.29. The van der Waals surface area contributed by atoms with Crippen molar-refractivity contribution < 1.29 is 19.6 Å². The summed E-state index contributed by atoms with van der Waals surface area (Å²) in [7, 11) is -1.53. The van der Waals surface area contributed by atoms with Crippen LogP contribution in [0.2, 0.25) is 0 Å². The van der Waals surface area contributed by atoms with Gasteiger partial charge in [-0.05, 0) is 89.8 Å². The van der Waals surface area contributed by atoms with Crippen LogP contribution in [0.1, 0.15) is 63.5 Å². The molecule has 39 heavy (non-hydrogen) atoms. The minimum atomic E-state index is -1.53. The molecule has 0 aromatic heterocycles. The summed E-state index contributed by atoms with van der Waals surface area (Å²) in [6.45, 7) is 12.8. The molecule has 0 saturated heterocycles. The molecule has 0 fully saturated rings. The maximum Gasteiger partial charge on any atom is 0.488 e. The van der Waals surface area contributed by atoms with E-state index in [1.807, 2.05) is 18.2 Å². The van der Waals surface area contributed by atoms with Gasteiger partial charge in [0.05, 0.1) is 0 Å². The van der Waals surface area contributed by atoms with E-state index in [1.165, 1.54) is 21.9 Å². The summed E-state index contributed by atoms with van der Waals surface area (Å²) in [6.07, 6.45) is 6.09. The van der Waals surface area contributed by atoms with E-state index in [2.05, 4.69) is 42.0 Å². The van der Waals surface area contributed by atoms with Crippen molar-refractivity contribution in [3.8, 4) is 0 Å². The van der Waals surface area contributed by atoms with E-state index in [0.717, 1.165) is 55.8 Å². The molecule has 0 atom stereocenters. The summed E-state index contributed by atoms with van der Waals surface area (Å²) in [5.74, 6) is 0.0210. The Morgan fingerprint density at radius 3 is 2.13 bits per heavy atom. The first-order valence-corrected chi connectivity index (χ1v) is 13.9. The van der Waals surface area contributed by atoms with Crippen LogP contribution in [-0.2, 0) is 22.6 Å². The van der Waals surface area contributed by atoms with Gasteiger partial charge in [0.15, 0.2) is 5.78 Å². The summed E-state index contributed by atoms with van der Waals surface area (Å²) in [5.41, 5.74) is 4.00. The topological polar surface area (TPSA) is 98.7 Å². The Labute approximate surface area is 232 Å². The number of hydrogen-bond donors (Lipinski definition) is 4. The largest absolute Gasteiger partial charge is 0.488 e. The molecule has 0 spiro atoms. The molecule has 0 unspecified atom stereocenters. The number of aryl methyl sites for hydroxylation is 1. The van der Waals surface area contributed by atoms with Gasteiger partial charge in [0.25, 0.3) is 0 Å². The van der Waals surface area contributed by atoms with Crippen LogP contribution in [0.4, 0.5) is 0 Å². The van der Waals surface area contributed by atoms with Crippen molar-refractivity contribution in [1.82, 2.24) is 10.6 Å². The first-order valence-electron chi connectivity index (χ1n) is 13.9. The molecule has 0 radical (unpaired) electrons. The van der Waals surface area contributed by atoms with Crippen LogP contribution in [0.5, 0.6) is 0 Å². The average molecular weight is 529 g/mol. The molecular weight excluding hydrogens is 487 g/mol. The number of nitrogens with one attached hydrogen (secondary N) is 2. The van der Waals surface area contributed by atoms with Gasteiger partial charge in [-0.15, -0.1) is 0 Å². The Hall–Kier alpha value is -3.26. The molecule has 0 saturated carbocycles. The van der Waals surface area contributed by atoms with E-state index in [0.29, 0.717) is 36.1 Å². The van der Waals surface area contributed by atoms with Crippen molar-refractivity contribution in [1.29, 1.82) is 0 Å². The van der Waals surface area contributed by atoms with Crippen LogP contribution in [0.15, 0.2) is 66.8 Å². The summed E-state index contributed by atoms with van der Waals surface area (Å²) in [6, 6.07) is 14.1. The predicted molar refractivity (Wildman–Crippen MR) is 162 cm³/mol. The van der Waals surface area contributed by atoms with E-state index in [-0.39, 0.29) is 11.7 Å².